The fraction of sp³-hybridized carbons (Fsp3) is 0.286. The Morgan fingerprint density at radius 1 is 1.21 bits per heavy atom. The quantitative estimate of drug-likeness (QED) is 0.454. The van der Waals surface area contributed by atoms with E-state index in [-0.39, 0.29) is 0 Å². The number of aliphatic imine (C=N–C) groups is 1. The highest BCUT2D eigenvalue weighted by atomic mass is 35.5. The van der Waals surface area contributed by atoms with Gasteiger partial charge in [0.25, 0.3) is 0 Å². The van der Waals surface area contributed by atoms with Gasteiger partial charge in [-0.25, -0.2) is 0 Å². The summed E-state index contributed by atoms with van der Waals surface area (Å²) in [4.78, 5) is 8.66. The Kier molecular flexibility index (Phi) is 7.08. The van der Waals surface area contributed by atoms with Crippen molar-refractivity contribution in [2.75, 3.05) is 20.7 Å². The van der Waals surface area contributed by atoms with Gasteiger partial charge in [-0.15, -0.1) is 0 Å². The lowest BCUT2D eigenvalue weighted by atomic mass is 10.1. The Morgan fingerprint density at radius 3 is 2.83 bits per heavy atom. The molecule has 152 valence electrons. The lowest BCUT2D eigenvalue weighted by Gasteiger charge is -2.13. The number of aromatic nitrogens is 2. The van der Waals surface area contributed by atoms with Crippen molar-refractivity contribution in [3.05, 3.63) is 64.5 Å². The lowest BCUT2D eigenvalue weighted by molar-refractivity contribution is 0.378. The molecule has 0 saturated heterocycles. The summed E-state index contributed by atoms with van der Waals surface area (Å²) in [7, 11) is 3.40. The monoisotopic (exact) mass is 413 g/mol. The number of benzene rings is 2. The standard InChI is InChI=1S/C21H24ClN5O2/c1-14-7-8-16(18(11-14)28-3)13-25-21(23-2)24-10-9-19-26-20(27-29-19)15-5-4-6-17(22)12-15/h4-8,11-12H,9-10,13H2,1-3H3,(H2,23,24,25). The third kappa shape index (κ3) is 5.71. The molecule has 0 radical (unpaired) electrons. The second kappa shape index (κ2) is 9.93. The fourth-order valence-corrected chi connectivity index (χ4v) is 2.98. The summed E-state index contributed by atoms with van der Waals surface area (Å²) < 4.78 is 10.8. The average Bonchev–Trinajstić information content (AvgIpc) is 3.20. The van der Waals surface area contributed by atoms with Crippen LogP contribution in [0.25, 0.3) is 11.4 Å². The molecule has 0 unspecified atom stereocenters. The summed E-state index contributed by atoms with van der Waals surface area (Å²) in [6.07, 6.45) is 0.572. The van der Waals surface area contributed by atoms with Crippen LogP contribution in [0.3, 0.4) is 0 Å². The van der Waals surface area contributed by atoms with E-state index < -0.39 is 0 Å². The predicted molar refractivity (Wildman–Crippen MR) is 114 cm³/mol. The van der Waals surface area contributed by atoms with E-state index in [0.717, 1.165) is 22.4 Å². The van der Waals surface area contributed by atoms with Crippen LogP contribution in [0, 0.1) is 6.92 Å². The van der Waals surface area contributed by atoms with Gasteiger partial charge in [0, 0.05) is 42.7 Å². The zero-order valence-corrected chi connectivity index (χ0v) is 17.5. The maximum Gasteiger partial charge on any atom is 0.228 e. The van der Waals surface area contributed by atoms with Crippen LogP contribution in [-0.2, 0) is 13.0 Å². The van der Waals surface area contributed by atoms with Crippen LogP contribution in [0.4, 0.5) is 0 Å². The van der Waals surface area contributed by atoms with Crippen molar-refractivity contribution in [2.24, 2.45) is 4.99 Å². The Morgan fingerprint density at radius 2 is 2.07 bits per heavy atom. The number of halogens is 1. The minimum Gasteiger partial charge on any atom is -0.496 e. The molecule has 1 aromatic heterocycles. The number of methoxy groups -OCH3 is 1. The van der Waals surface area contributed by atoms with Gasteiger partial charge in [0.05, 0.1) is 7.11 Å². The Bertz CT molecular complexity index is 987. The highest BCUT2D eigenvalue weighted by Crippen LogP contribution is 2.20. The molecule has 3 rings (SSSR count). The zero-order valence-electron chi connectivity index (χ0n) is 16.7. The summed E-state index contributed by atoms with van der Waals surface area (Å²) in [5, 5.41) is 11.2. The normalized spacial score (nSPS) is 11.4. The van der Waals surface area contributed by atoms with Crippen molar-refractivity contribution < 1.29 is 9.26 Å². The number of aryl methyl sites for hydroxylation is 1. The number of rotatable bonds is 7. The van der Waals surface area contributed by atoms with Gasteiger partial charge in [-0.2, -0.15) is 4.98 Å². The molecule has 0 spiro atoms. The van der Waals surface area contributed by atoms with E-state index >= 15 is 0 Å². The first-order valence-electron chi connectivity index (χ1n) is 9.25. The number of guanidine groups is 1. The van der Waals surface area contributed by atoms with Crippen molar-refractivity contribution in [1.82, 2.24) is 20.8 Å². The summed E-state index contributed by atoms with van der Waals surface area (Å²) in [5.41, 5.74) is 3.04. The largest absolute Gasteiger partial charge is 0.496 e. The minimum absolute atomic E-state index is 0.525. The molecule has 0 saturated carbocycles. The van der Waals surface area contributed by atoms with Crippen LogP contribution in [-0.4, -0.2) is 36.8 Å². The molecule has 3 aromatic rings. The van der Waals surface area contributed by atoms with E-state index in [0.29, 0.717) is 42.2 Å². The SMILES string of the molecule is CN=C(NCCc1nc(-c2cccc(Cl)c2)no1)NCc1ccc(C)cc1OC. The zero-order chi connectivity index (χ0) is 20.6. The van der Waals surface area contributed by atoms with Gasteiger partial charge < -0.3 is 19.9 Å². The van der Waals surface area contributed by atoms with E-state index in [2.05, 4.69) is 31.8 Å². The Hall–Kier alpha value is -3.06. The first kappa shape index (κ1) is 20.7. The summed E-state index contributed by atoms with van der Waals surface area (Å²) in [5.74, 6) is 2.61. The van der Waals surface area contributed by atoms with Gasteiger partial charge in [0.2, 0.25) is 11.7 Å². The van der Waals surface area contributed by atoms with Crippen LogP contribution in [0.2, 0.25) is 5.02 Å². The van der Waals surface area contributed by atoms with E-state index in [1.54, 1.807) is 26.3 Å². The van der Waals surface area contributed by atoms with Gasteiger partial charge in [0.1, 0.15) is 5.75 Å². The summed E-state index contributed by atoms with van der Waals surface area (Å²) in [6.45, 7) is 3.24. The smallest absolute Gasteiger partial charge is 0.228 e. The molecular weight excluding hydrogens is 390 g/mol. The molecule has 0 fully saturated rings. The van der Waals surface area contributed by atoms with Crippen molar-refractivity contribution in [1.29, 1.82) is 0 Å². The average molecular weight is 414 g/mol. The first-order valence-corrected chi connectivity index (χ1v) is 9.63. The third-order valence-corrected chi connectivity index (χ3v) is 4.53. The molecule has 1 heterocycles. The van der Waals surface area contributed by atoms with Crippen LogP contribution < -0.4 is 15.4 Å². The summed E-state index contributed by atoms with van der Waals surface area (Å²) >= 11 is 6.01. The lowest BCUT2D eigenvalue weighted by Crippen LogP contribution is -2.37. The molecular formula is C21H24ClN5O2. The molecule has 2 N–H and O–H groups in total. The van der Waals surface area contributed by atoms with Gasteiger partial charge >= 0.3 is 0 Å². The van der Waals surface area contributed by atoms with E-state index in [4.69, 9.17) is 20.9 Å². The van der Waals surface area contributed by atoms with E-state index in [9.17, 15) is 0 Å². The van der Waals surface area contributed by atoms with Crippen LogP contribution in [0.5, 0.6) is 5.75 Å². The fourth-order valence-electron chi connectivity index (χ4n) is 2.79. The number of nitrogens with zero attached hydrogens (tertiary/aromatic N) is 3. The van der Waals surface area contributed by atoms with Gasteiger partial charge in [-0.1, -0.05) is 41.0 Å². The maximum atomic E-state index is 6.01. The van der Waals surface area contributed by atoms with E-state index in [1.807, 2.05) is 31.2 Å². The Balaban J connectivity index is 1.50. The highest BCUT2D eigenvalue weighted by Gasteiger charge is 2.09. The molecule has 7 nitrogen and oxygen atoms in total. The van der Waals surface area contributed by atoms with Crippen LogP contribution in [0.15, 0.2) is 52.0 Å². The third-order valence-electron chi connectivity index (χ3n) is 4.29. The van der Waals surface area contributed by atoms with Gasteiger partial charge in [0.15, 0.2) is 5.96 Å². The predicted octanol–water partition coefficient (Wildman–Crippen LogP) is 3.61. The molecule has 0 aliphatic rings. The number of ether oxygens (including phenoxy) is 1. The van der Waals surface area contributed by atoms with E-state index in [1.165, 1.54) is 0 Å². The number of hydrogen-bond acceptors (Lipinski definition) is 5. The number of hydrogen-bond donors (Lipinski definition) is 2. The second-order valence-electron chi connectivity index (χ2n) is 6.44. The molecule has 0 aliphatic carbocycles. The Labute approximate surface area is 175 Å². The molecule has 29 heavy (non-hydrogen) atoms. The van der Waals surface area contributed by atoms with Crippen molar-refractivity contribution in [3.8, 4) is 17.1 Å². The maximum absolute atomic E-state index is 6.01. The van der Waals surface area contributed by atoms with Crippen LogP contribution >= 0.6 is 11.6 Å². The second-order valence-corrected chi connectivity index (χ2v) is 6.88. The molecule has 0 atom stereocenters. The molecule has 8 heteroatoms. The molecule has 2 aromatic carbocycles. The molecule has 0 aliphatic heterocycles. The topological polar surface area (TPSA) is 84.6 Å². The number of nitrogens with one attached hydrogen (secondary N) is 2. The van der Waals surface area contributed by atoms with Crippen molar-refractivity contribution in [2.45, 2.75) is 19.9 Å². The van der Waals surface area contributed by atoms with Gasteiger partial charge in [-0.05, 0) is 30.7 Å². The summed E-state index contributed by atoms with van der Waals surface area (Å²) in [6, 6.07) is 13.5. The highest BCUT2D eigenvalue weighted by molar-refractivity contribution is 6.30. The molecule has 0 bridgehead atoms. The van der Waals surface area contributed by atoms with Crippen molar-refractivity contribution in [3.63, 3.8) is 0 Å². The first-order chi connectivity index (χ1) is 14.1. The van der Waals surface area contributed by atoms with Crippen molar-refractivity contribution >= 4 is 17.6 Å². The van der Waals surface area contributed by atoms with Crippen LogP contribution in [0.1, 0.15) is 17.0 Å². The van der Waals surface area contributed by atoms with Gasteiger partial charge in [-0.3, -0.25) is 4.99 Å². The molecule has 0 amide bonds. The minimum atomic E-state index is 0.525.